The molecular weight excluding hydrogens is 406 g/mol. The molecule has 0 aliphatic rings. The van der Waals surface area contributed by atoms with Crippen molar-refractivity contribution in [3.05, 3.63) is 71.5 Å². The van der Waals surface area contributed by atoms with E-state index in [2.05, 4.69) is 30.6 Å². The summed E-state index contributed by atoms with van der Waals surface area (Å²) in [6.07, 6.45) is 3.79. The van der Waals surface area contributed by atoms with E-state index in [9.17, 15) is 13.6 Å². The van der Waals surface area contributed by atoms with Crippen LogP contribution in [0.2, 0.25) is 5.02 Å². The van der Waals surface area contributed by atoms with Gasteiger partial charge in [-0.15, -0.1) is 4.80 Å². The average molecular weight is 417 g/mol. The molecule has 29 heavy (non-hydrogen) atoms. The molecular formula is C17H11ClF2N8O. The minimum absolute atomic E-state index is 0.00117. The fourth-order valence-electron chi connectivity index (χ4n) is 2.56. The second-order valence-corrected chi connectivity index (χ2v) is 6.05. The van der Waals surface area contributed by atoms with Crippen molar-refractivity contribution in [2.45, 2.75) is 6.43 Å². The fourth-order valence-corrected chi connectivity index (χ4v) is 2.76. The summed E-state index contributed by atoms with van der Waals surface area (Å²) < 4.78 is 28.3. The number of nitrogens with zero attached hydrogens (tertiary/aromatic N) is 7. The van der Waals surface area contributed by atoms with Crippen LogP contribution in [-0.2, 0) is 0 Å². The first kappa shape index (κ1) is 18.6. The molecule has 0 bridgehead atoms. The molecule has 1 N–H and O–H groups in total. The third-order valence-electron chi connectivity index (χ3n) is 3.83. The summed E-state index contributed by atoms with van der Waals surface area (Å²) in [6, 6.07) is 6.16. The third kappa shape index (κ3) is 3.67. The number of carbonyl (C=O) groups is 1. The SMILES string of the molecule is O=C(Nc1ccc(-n2nccn2)nc1)c1cnn(-c2ncccc2Cl)c1C(F)F. The van der Waals surface area contributed by atoms with E-state index in [0.29, 0.717) is 11.5 Å². The Morgan fingerprint density at radius 1 is 1.03 bits per heavy atom. The molecule has 4 aromatic heterocycles. The van der Waals surface area contributed by atoms with Crippen molar-refractivity contribution in [1.29, 1.82) is 0 Å². The molecule has 0 saturated carbocycles. The minimum atomic E-state index is -2.98. The van der Waals surface area contributed by atoms with Crippen LogP contribution in [0.5, 0.6) is 0 Å². The number of aromatic nitrogens is 7. The second kappa shape index (κ2) is 7.72. The first-order valence-electron chi connectivity index (χ1n) is 8.15. The third-order valence-corrected chi connectivity index (χ3v) is 4.12. The van der Waals surface area contributed by atoms with Crippen molar-refractivity contribution < 1.29 is 13.6 Å². The van der Waals surface area contributed by atoms with Crippen molar-refractivity contribution in [3.8, 4) is 11.6 Å². The van der Waals surface area contributed by atoms with Crippen molar-refractivity contribution in [2.24, 2.45) is 0 Å². The van der Waals surface area contributed by atoms with Crippen LogP contribution in [-0.4, -0.2) is 40.6 Å². The van der Waals surface area contributed by atoms with Gasteiger partial charge in [0, 0.05) is 6.20 Å². The summed E-state index contributed by atoms with van der Waals surface area (Å²) in [5.41, 5.74) is -0.622. The quantitative estimate of drug-likeness (QED) is 0.536. The zero-order chi connectivity index (χ0) is 20.4. The van der Waals surface area contributed by atoms with Gasteiger partial charge in [-0.2, -0.15) is 15.3 Å². The molecule has 0 aromatic carbocycles. The van der Waals surface area contributed by atoms with E-state index in [0.717, 1.165) is 10.9 Å². The summed E-state index contributed by atoms with van der Waals surface area (Å²) >= 11 is 6.02. The van der Waals surface area contributed by atoms with E-state index in [-0.39, 0.29) is 16.4 Å². The van der Waals surface area contributed by atoms with Gasteiger partial charge >= 0.3 is 0 Å². The van der Waals surface area contributed by atoms with Gasteiger partial charge in [-0.05, 0) is 24.3 Å². The minimum Gasteiger partial charge on any atom is -0.320 e. The predicted molar refractivity (Wildman–Crippen MR) is 98.4 cm³/mol. The number of alkyl halides is 2. The summed E-state index contributed by atoms with van der Waals surface area (Å²) in [5, 5.41) is 14.4. The van der Waals surface area contributed by atoms with E-state index < -0.39 is 18.0 Å². The number of carbonyl (C=O) groups excluding carboxylic acids is 1. The Labute approximate surface area is 167 Å². The van der Waals surface area contributed by atoms with Gasteiger partial charge < -0.3 is 5.32 Å². The molecule has 0 aliphatic carbocycles. The Balaban J connectivity index is 1.61. The molecule has 0 spiro atoms. The number of hydrogen-bond donors (Lipinski definition) is 1. The average Bonchev–Trinajstić information content (AvgIpc) is 3.39. The zero-order valence-electron chi connectivity index (χ0n) is 14.4. The molecule has 0 saturated heterocycles. The lowest BCUT2D eigenvalue weighted by Gasteiger charge is -2.10. The Morgan fingerprint density at radius 2 is 1.83 bits per heavy atom. The van der Waals surface area contributed by atoms with Gasteiger partial charge in [0.15, 0.2) is 11.6 Å². The smallest absolute Gasteiger partial charge is 0.281 e. The zero-order valence-corrected chi connectivity index (χ0v) is 15.2. The number of pyridine rings is 2. The Morgan fingerprint density at radius 3 is 2.48 bits per heavy atom. The lowest BCUT2D eigenvalue weighted by atomic mass is 10.2. The molecule has 146 valence electrons. The predicted octanol–water partition coefficient (Wildman–Crippen LogP) is 3.09. The van der Waals surface area contributed by atoms with Crippen LogP contribution in [0.15, 0.2) is 55.2 Å². The van der Waals surface area contributed by atoms with Crippen LogP contribution in [0.25, 0.3) is 11.6 Å². The number of amides is 1. The van der Waals surface area contributed by atoms with Crippen LogP contribution in [0.1, 0.15) is 22.5 Å². The van der Waals surface area contributed by atoms with Gasteiger partial charge in [0.1, 0.15) is 5.69 Å². The monoisotopic (exact) mass is 416 g/mol. The summed E-state index contributed by atoms with van der Waals surface area (Å²) in [5.74, 6) is -0.342. The molecule has 4 heterocycles. The fraction of sp³-hybridized carbons (Fsp3) is 0.0588. The van der Waals surface area contributed by atoms with E-state index in [4.69, 9.17) is 11.6 Å². The van der Waals surface area contributed by atoms with Crippen molar-refractivity contribution in [3.63, 3.8) is 0 Å². The number of nitrogens with one attached hydrogen (secondary N) is 1. The molecule has 9 nitrogen and oxygen atoms in total. The van der Waals surface area contributed by atoms with Crippen LogP contribution < -0.4 is 5.32 Å². The lowest BCUT2D eigenvalue weighted by Crippen LogP contribution is -2.15. The highest BCUT2D eigenvalue weighted by Crippen LogP contribution is 2.28. The molecule has 1 amide bonds. The summed E-state index contributed by atoms with van der Waals surface area (Å²) in [7, 11) is 0. The van der Waals surface area contributed by atoms with Crippen LogP contribution in [0.3, 0.4) is 0 Å². The van der Waals surface area contributed by atoms with E-state index in [1.54, 1.807) is 18.2 Å². The molecule has 0 aliphatic heterocycles. The largest absolute Gasteiger partial charge is 0.320 e. The highest BCUT2D eigenvalue weighted by Gasteiger charge is 2.26. The molecule has 0 fully saturated rings. The van der Waals surface area contributed by atoms with Crippen LogP contribution >= 0.6 is 11.6 Å². The van der Waals surface area contributed by atoms with E-state index >= 15 is 0 Å². The van der Waals surface area contributed by atoms with Gasteiger partial charge in [-0.1, -0.05) is 11.6 Å². The van der Waals surface area contributed by atoms with Crippen molar-refractivity contribution in [2.75, 3.05) is 5.32 Å². The maximum absolute atomic E-state index is 13.7. The van der Waals surface area contributed by atoms with E-state index in [1.165, 1.54) is 35.7 Å². The Bertz CT molecular complexity index is 1140. The van der Waals surface area contributed by atoms with Crippen molar-refractivity contribution in [1.82, 2.24) is 34.7 Å². The normalized spacial score (nSPS) is 11.0. The molecule has 4 aromatic rings. The number of rotatable bonds is 5. The van der Waals surface area contributed by atoms with Crippen LogP contribution in [0.4, 0.5) is 14.5 Å². The topological polar surface area (TPSA) is 103 Å². The highest BCUT2D eigenvalue weighted by atomic mass is 35.5. The maximum Gasteiger partial charge on any atom is 0.281 e. The first-order chi connectivity index (χ1) is 14.0. The molecule has 0 radical (unpaired) electrons. The first-order valence-corrected chi connectivity index (χ1v) is 8.53. The standard InChI is InChI=1S/C17H11ClF2N8O/c18-12-2-1-5-21-16(12)27-14(15(19)20)11(9-25-27)17(29)26-10-3-4-13(22-8-10)28-23-6-7-24-28/h1-9,15H,(H,26,29). The number of anilines is 1. The van der Waals surface area contributed by atoms with Crippen LogP contribution in [0, 0.1) is 0 Å². The molecule has 0 unspecified atom stereocenters. The summed E-state index contributed by atoms with van der Waals surface area (Å²) in [6.45, 7) is 0. The number of hydrogen-bond acceptors (Lipinski definition) is 6. The lowest BCUT2D eigenvalue weighted by molar-refractivity contribution is 0.100. The van der Waals surface area contributed by atoms with Gasteiger partial charge in [-0.3, -0.25) is 4.79 Å². The Kier molecular flexibility index (Phi) is 4.96. The number of halogens is 3. The molecule has 0 atom stereocenters. The van der Waals surface area contributed by atoms with Gasteiger partial charge in [-0.25, -0.2) is 23.4 Å². The highest BCUT2D eigenvalue weighted by molar-refractivity contribution is 6.32. The maximum atomic E-state index is 13.7. The van der Waals surface area contributed by atoms with Gasteiger partial charge in [0.2, 0.25) is 0 Å². The van der Waals surface area contributed by atoms with E-state index in [1.807, 2.05) is 0 Å². The summed E-state index contributed by atoms with van der Waals surface area (Å²) in [4.78, 5) is 21.9. The van der Waals surface area contributed by atoms with Gasteiger partial charge in [0.05, 0.1) is 41.1 Å². The Hall–Kier alpha value is -3.73. The molecule has 12 heteroatoms. The van der Waals surface area contributed by atoms with Crippen molar-refractivity contribution >= 4 is 23.2 Å². The van der Waals surface area contributed by atoms with Gasteiger partial charge in [0.25, 0.3) is 12.3 Å². The molecule has 4 rings (SSSR count). The second-order valence-electron chi connectivity index (χ2n) is 5.64.